The van der Waals surface area contributed by atoms with E-state index in [-0.39, 0.29) is 24.5 Å². The molecule has 1 aliphatic heterocycles. The fourth-order valence-corrected chi connectivity index (χ4v) is 3.26. The van der Waals surface area contributed by atoms with E-state index in [9.17, 15) is 9.59 Å². The molecule has 126 valence electrons. The fraction of sp³-hybridized carbons (Fsp3) is 0.556. The van der Waals surface area contributed by atoms with Gasteiger partial charge in [0.25, 0.3) is 0 Å². The second-order valence-electron chi connectivity index (χ2n) is 6.61. The summed E-state index contributed by atoms with van der Waals surface area (Å²) in [6.07, 6.45) is 2.17. The first kappa shape index (κ1) is 17.3. The molecular formula is C18H26N2O3. The number of carboxylic acid groups (broad SMARTS) is 1. The maximum atomic E-state index is 12.5. The minimum absolute atomic E-state index is 0.0593. The molecule has 1 heterocycles. The van der Waals surface area contributed by atoms with E-state index in [0.717, 1.165) is 18.5 Å². The van der Waals surface area contributed by atoms with E-state index < -0.39 is 5.97 Å². The molecule has 1 fully saturated rings. The van der Waals surface area contributed by atoms with Crippen LogP contribution in [0.15, 0.2) is 30.3 Å². The zero-order chi connectivity index (χ0) is 16.8. The van der Waals surface area contributed by atoms with Crippen molar-refractivity contribution in [1.29, 1.82) is 0 Å². The van der Waals surface area contributed by atoms with Crippen LogP contribution in [0.4, 0.5) is 4.79 Å². The number of likely N-dealkylation sites (tertiary alicyclic amines) is 1. The van der Waals surface area contributed by atoms with Crippen LogP contribution in [0, 0.1) is 5.92 Å². The number of urea groups is 1. The molecule has 2 N–H and O–H groups in total. The Kier molecular flexibility index (Phi) is 6.02. The summed E-state index contributed by atoms with van der Waals surface area (Å²) in [7, 11) is 0. The number of hydrogen-bond acceptors (Lipinski definition) is 2. The summed E-state index contributed by atoms with van der Waals surface area (Å²) in [4.78, 5) is 25.2. The van der Waals surface area contributed by atoms with Crippen molar-refractivity contribution in [3.8, 4) is 0 Å². The van der Waals surface area contributed by atoms with Crippen LogP contribution >= 0.6 is 0 Å². The highest BCUT2D eigenvalue weighted by Crippen LogP contribution is 2.22. The summed E-state index contributed by atoms with van der Waals surface area (Å²) < 4.78 is 0. The number of carboxylic acids is 1. The van der Waals surface area contributed by atoms with E-state index in [1.807, 2.05) is 35.2 Å². The van der Waals surface area contributed by atoms with Gasteiger partial charge in [0.15, 0.2) is 0 Å². The third-order valence-corrected chi connectivity index (χ3v) is 4.40. The molecule has 0 saturated carbocycles. The van der Waals surface area contributed by atoms with E-state index >= 15 is 0 Å². The largest absolute Gasteiger partial charge is 0.481 e. The molecule has 1 aliphatic rings. The quantitative estimate of drug-likeness (QED) is 0.847. The lowest BCUT2D eigenvalue weighted by atomic mass is 10.0. The van der Waals surface area contributed by atoms with Crippen molar-refractivity contribution in [2.24, 2.45) is 5.92 Å². The van der Waals surface area contributed by atoms with Crippen LogP contribution in [0.25, 0.3) is 0 Å². The van der Waals surface area contributed by atoms with Crippen LogP contribution in [-0.2, 0) is 11.2 Å². The van der Waals surface area contributed by atoms with Crippen molar-refractivity contribution in [2.45, 2.75) is 51.6 Å². The number of nitrogens with one attached hydrogen (secondary N) is 1. The number of hydrogen-bond donors (Lipinski definition) is 2. The summed E-state index contributed by atoms with van der Waals surface area (Å²) in [6.45, 7) is 4.98. The fourth-order valence-electron chi connectivity index (χ4n) is 3.26. The molecule has 0 aromatic heterocycles. The number of benzene rings is 1. The van der Waals surface area contributed by atoms with E-state index in [1.165, 1.54) is 0 Å². The van der Waals surface area contributed by atoms with Crippen LogP contribution in [0.2, 0.25) is 0 Å². The number of amides is 2. The second-order valence-corrected chi connectivity index (χ2v) is 6.61. The Balaban J connectivity index is 1.98. The zero-order valence-electron chi connectivity index (χ0n) is 13.9. The molecule has 3 atom stereocenters. The lowest BCUT2D eigenvalue weighted by Gasteiger charge is -2.26. The topological polar surface area (TPSA) is 69.6 Å². The summed E-state index contributed by atoms with van der Waals surface area (Å²) in [5, 5.41) is 12.0. The second kappa shape index (κ2) is 7.99. The van der Waals surface area contributed by atoms with Gasteiger partial charge in [0.05, 0.1) is 0 Å². The highest BCUT2D eigenvalue weighted by atomic mass is 16.4. The Hall–Kier alpha value is -2.04. The van der Waals surface area contributed by atoms with Gasteiger partial charge in [0, 0.05) is 25.0 Å². The number of carbonyl (C=O) groups is 2. The number of aliphatic carboxylic acids is 1. The third-order valence-electron chi connectivity index (χ3n) is 4.40. The smallest absolute Gasteiger partial charge is 0.317 e. The molecule has 2 amide bonds. The zero-order valence-corrected chi connectivity index (χ0v) is 13.9. The van der Waals surface area contributed by atoms with Gasteiger partial charge in [-0.2, -0.15) is 0 Å². The van der Waals surface area contributed by atoms with Crippen molar-refractivity contribution in [2.75, 3.05) is 6.54 Å². The lowest BCUT2D eigenvalue weighted by Crippen LogP contribution is -2.47. The molecule has 1 saturated heterocycles. The number of nitrogens with zero attached hydrogens (tertiary/aromatic N) is 1. The normalized spacial score (nSPS) is 21.9. The molecule has 0 aliphatic carbocycles. The predicted octanol–water partition coefficient (Wildman–Crippen LogP) is 2.90. The van der Waals surface area contributed by atoms with Gasteiger partial charge in [0.2, 0.25) is 0 Å². The Bertz CT molecular complexity index is 532. The van der Waals surface area contributed by atoms with Gasteiger partial charge < -0.3 is 15.3 Å². The van der Waals surface area contributed by atoms with Gasteiger partial charge in [-0.25, -0.2) is 4.79 Å². The van der Waals surface area contributed by atoms with Crippen molar-refractivity contribution in [3.63, 3.8) is 0 Å². The first-order chi connectivity index (χ1) is 11.0. The van der Waals surface area contributed by atoms with E-state index in [1.54, 1.807) is 0 Å². The predicted molar refractivity (Wildman–Crippen MR) is 89.3 cm³/mol. The molecular weight excluding hydrogens is 292 g/mol. The van der Waals surface area contributed by atoms with Gasteiger partial charge >= 0.3 is 12.0 Å². The molecule has 23 heavy (non-hydrogen) atoms. The average molecular weight is 318 g/mol. The molecule has 3 unspecified atom stereocenters. The Labute approximate surface area is 137 Å². The molecule has 1 aromatic rings. The first-order valence-corrected chi connectivity index (χ1v) is 8.28. The van der Waals surface area contributed by atoms with Crippen molar-refractivity contribution >= 4 is 12.0 Å². The standard InChI is InChI=1S/C18H26N2O3/c1-13-10-14(2)20(12-13)18(23)19-16(8-9-17(21)22)11-15-6-4-3-5-7-15/h3-7,13-14,16H,8-12H2,1-2H3,(H,19,23)(H,21,22). The van der Waals surface area contributed by atoms with E-state index in [4.69, 9.17) is 5.11 Å². The van der Waals surface area contributed by atoms with Gasteiger partial charge in [-0.1, -0.05) is 37.3 Å². The third kappa shape index (κ3) is 5.27. The summed E-state index contributed by atoms with van der Waals surface area (Å²) >= 11 is 0. The Morgan fingerprint density at radius 3 is 2.57 bits per heavy atom. The Morgan fingerprint density at radius 2 is 2.00 bits per heavy atom. The van der Waals surface area contributed by atoms with Gasteiger partial charge in [-0.3, -0.25) is 4.79 Å². The number of rotatable bonds is 6. The van der Waals surface area contributed by atoms with Crippen molar-refractivity contribution in [1.82, 2.24) is 10.2 Å². The molecule has 0 spiro atoms. The molecule has 0 bridgehead atoms. The molecule has 1 aromatic carbocycles. The first-order valence-electron chi connectivity index (χ1n) is 8.28. The van der Waals surface area contributed by atoms with Crippen LogP contribution in [0.1, 0.15) is 38.7 Å². The highest BCUT2D eigenvalue weighted by Gasteiger charge is 2.30. The monoisotopic (exact) mass is 318 g/mol. The SMILES string of the molecule is CC1CC(C)N(C(=O)NC(CCC(=O)O)Cc2ccccc2)C1. The molecule has 5 nitrogen and oxygen atoms in total. The lowest BCUT2D eigenvalue weighted by molar-refractivity contribution is -0.137. The summed E-state index contributed by atoms with van der Waals surface area (Å²) in [5.74, 6) is -0.317. The van der Waals surface area contributed by atoms with Gasteiger partial charge in [0.1, 0.15) is 0 Å². The molecule has 0 radical (unpaired) electrons. The highest BCUT2D eigenvalue weighted by molar-refractivity contribution is 5.75. The molecule has 2 rings (SSSR count). The van der Waals surface area contributed by atoms with Crippen LogP contribution < -0.4 is 5.32 Å². The average Bonchev–Trinajstić information content (AvgIpc) is 2.84. The minimum atomic E-state index is -0.833. The Morgan fingerprint density at radius 1 is 1.30 bits per heavy atom. The van der Waals surface area contributed by atoms with Crippen molar-refractivity contribution in [3.05, 3.63) is 35.9 Å². The maximum absolute atomic E-state index is 12.5. The van der Waals surface area contributed by atoms with E-state index in [0.29, 0.717) is 18.8 Å². The number of carbonyl (C=O) groups excluding carboxylic acids is 1. The maximum Gasteiger partial charge on any atom is 0.317 e. The minimum Gasteiger partial charge on any atom is -0.481 e. The van der Waals surface area contributed by atoms with Crippen LogP contribution in [0.3, 0.4) is 0 Å². The van der Waals surface area contributed by atoms with Crippen LogP contribution in [-0.4, -0.2) is 40.6 Å². The van der Waals surface area contributed by atoms with Gasteiger partial charge in [-0.15, -0.1) is 0 Å². The van der Waals surface area contributed by atoms with Crippen LogP contribution in [0.5, 0.6) is 0 Å². The summed E-state index contributed by atoms with van der Waals surface area (Å²) in [6, 6.07) is 9.85. The van der Waals surface area contributed by atoms with E-state index in [2.05, 4.69) is 19.2 Å². The summed E-state index contributed by atoms with van der Waals surface area (Å²) in [5.41, 5.74) is 1.10. The van der Waals surface area contributed by atoms with Gasteiger partial charge in [-0.05, 0) is 37.7 Å². The molecule has 5 heteroatoms. The van der Waals surface area contributed by atoms with Crippen molar-refractivity contribution < 1.29 is 14.7 Å².